The molecule has 3 atom stereocenters. The van der Waals surface area contributed by atoms with Crippen molar-refractivity contribution in [2.75, 3.05) is 20.2 Å². The molecule has 1 aliphatic carbocycles. The Bertz CT molecular complexity index is 170. The van der Waals surface area contributed by atoms with Gasteiger partial charge in [-0.15, -0.1) is 0 Å². The fraction of sp³-hybridized carbons (Fsp3) is 1.00. The predicted molar refractivity (Wildman–Crippen MR) is 65.0 cm³/mol. The summed E-state index contributed by atoms with van der Waals surface area (Å²) in [5.74, 6) is 2.48. The van der Waals surface area contributed by atoms with Gasteiger partial charge in [0.1, 0.15) is 0 Å². The van der Waals surface area contributed by atoms with E-state index in [0.29, 0.717) is 6.10 Å². The van der Waals surface area contributed by atoms with Crippen molar-refractivity contribution in [2.45, 2.75) is 46.1 Å². The monoisotopic (exact) mass is 213 g/mol. The van der Waals surface area contributed by atoms with Gasteiger partial charge in [-0.3, -0.25) is 0 Å². The highest BCUT2D eigenvalue weighted by molar-refractivity contribution is 4.79. The maximum atomic E-state index is 5.78. The van der Waals surface area contributed by atoms with E-state index in [1.807, 2.05) is 0 Å². The zero-order valence-electron chi connectivity index (χ0n) is 10.8. The predicted octanol–water partition coefficient (Wildman–Crippen LogP) is 2.68. The summed E-state index contributed by atoms with van der Waals surface area (Å²) in [5, 5.41) is 3.31. The Balaban J connectivity index is 2.39. The molecule has 0 aromatic heterocycles. The van der Waals surface area contributed by atoms with Crippen LogP contribution in [0.5, 0.6) is 0 Å². The summed E-state index contributed by atoms with van der Waals surface area (Å²) in [6.07, 6.45) is 4.48. The molecule has 2 heteroatoms. The standard InChI is InChI=1S/C13H27NO/c1-10(2)15-9-13-7-11(3)5-6-12(13)8-14-4/h10-14H,5-9H2,1-4H3. The van der Waals surface area contributed by atoms with Gasteiger partial charge in [0.2, 0.25) is 0 Å². The number of rotatable bonds is 5. The Morgan fingerprint density at radius 1 is 1.27 bits per heavy atom. The lowest BCUT2D eigenvalue weighted by atomic mass is 9.75. The van der Waals surface area contributed by atoms with Crippen LogP contribution in [0.1, 0.15) is 40.0 Å². The van der Waals surface area contributed by atoms with E-state index in [4.69, 9.17) is 4.74 Å². The van der Waals surface area contributed by atoms with Gasteiger partial charge in [-0.1, -0.05) is 13.3 Å². The molecule has 15 heavy (non-hydrogen) atoms. The molecule has 0 aromatic carbocycles. The average molecular weight is 213 g/mol. The van der Waals surface area contributed by atoms with Crippen LogP contribution >= 0.6 is 0 Å². The minimum atomic E-state index is 0.373. The number of nitrogens with one attached hydrogen (secondary N) is 1. The van der Waals surface area contributed by atoms with Crippen LogP contribution in [-0.4, -0.2) is 26.3 Å². The first-order valence-corrected chi connectivity index (χ1v) is 6.39. The largest absolute Gasteiger partial charge is 0.378 e. The molecule has 1 rings (SSSR count). The molecular weight excluding hydrogens is 186 g/mol. The van der Waals surface area contributed by atoms with E-state index in [1.54, 1.807) is 0 Å². The van der Waals surface area contributed by atoms with Gasteiger partial charge in [0, 0.05) is 0 Å². The van der Waals surface area contributed by atoms with Crippen molar-refractivity contribution >= 4 is 0 Å². The first-order chi connectivity index (χ1) is 7.13. The van der Waals surface area contributed by atoms with Gasteiger partial charge >= 0.3 is 0 Å². The van der Waals surface area contributed by atoms with Crippen molar-refractivity contribution in [3.63, 3.8) is 0 Å². The first-order valence-electron chi connectivity index (χ1n) is 6.39. The lowest BCUT2D eigenvalue weighted by molar-refractivity contribution is 0.0145. The number of ether oxygens (including phenoxy) is 1. The summed E-state index contributed by atoms with van der Waals surface area (Å²) in [7, 11) is 2.05. The van der Waals surface area contributed by atoms with Gasteiger partial charge in [-0.25, -0.2) is 0 Å². The fourth-order valence-electron chi connectivity index (χ4n) is 2.61. The Kier molecular flexibility index (Phi) is 5.62. The van der Waals surface area contributed by atoms with Crippen molar-refractivity contribution in [1.82, 2.24) is 5.32 Å². The Morgan fingerprint density at radius 3 is 2.60 bits per heavy atom. The highest BCUT2D eigenvalue weighted by atomic mass is 16.5. The molecule has 0 radical (unpaired) electrons. The van der Waals surface area contributed by atoms with Crippen molar-refractivity contribution in [3.8, 4) is 0 Å². The summed E-state index contributed by atoms with van der Waals surface area (Å²) in [4.78, 5) is 0. The highest BCUT2D eigenvalue weighted by Crippen LogP contribution is 2.33. The topological polar surface area (TPSA) is 21.3 Å². The van der Waals surface area contributed by atoms with Crippen LogP contribution in [0.4, 0.5) is 0 Å². The fourth-order valence-corrected chi connectivity index (χ4v) is 2.61. The maximum absolute atomic E-state index is 5.78. The second-order valence-electron chi connectivity index (χ2n) is 5.38. The lowest BCUT2D eigenvalue weighted by Gasteiger charge is -2.35. The van der Waals surface area contributed by atoms with E-state index in [0.717, 1.165) is 30.9 Å². The van der Waals surface area contributed by atoms with Gasteiger partial charge in [-0.2, -0.15) is 0 Å². The van der Waals surface area contributed by atoms with Crippen molar-refractivity contribution in [2.24, 2.45) is 17.8 Å². The van der Waals surface area contributed by atoms with Gasteiger partial charge < -0.3 is 10.1 Å². The van der Waals surface area contributed by atoms with Crippen molar-refractivity contribution in [3.05, 3.63) is 0 Å². The summed E-state index contributed by atoms with van der Waals surface area (Å²) in [6.45, 7) is 8.73. The molecule has 0 saturated heterocycles. The van der Waals surface area contributed by atoms with Crippen LogP contribution in [0.15, 0.2) is 0 Å². The van der Waals surface area contributed by atoms with Gasteiger partial charge in [0.05, 0.1) is 12.7 Å². The van der Waals surface area contributed by atoms with Crippen molar-refractivity contribution < 1.29 is 4.74 Å². The molecule has 0 heterocycles. The molecule has 0 aromatic rings. The highest BCUT2D eigenvalue weighted by Gasteiger charge is 2.28. The van der Waals surface area contributed by atoms with E-state index in [9.17, 15) is 0 Å². The molecule has 3 unspecified atom stereocenters. The van der Waals surface area contributed by atoms with E-state index in [1.165, 1.54) is 19.3 Å². The Hall–Kier alpha value is -0.0800. The second-order valence-corrected chi connectivity index (χ2v) is 5.38. The molecule has 0 aliphatic heterocycles. The van der Waals surface area contributed by atoms with Crippen LogP contribution < -0.4 is 5.32 Å². The van der Waals surface area contributed by atoms with E-state index in [2.05, 4.69) is 33.1 Å². The Labute approximate surface area is 94.8 Å². The molecule has 0 amide bonds. The summed E-state index contributed by atoms with van der Waals surface area (Å²) in [5.41, 5.74) is 0. The summed E-state index contributed by atoms with van der Waals surface area (Å²) in [6, 6.07) is 0. The molecule has 2 nitrogen and oxygen atoms in total. The molecule has 90 valence electrons. The van der Waals surface area contributed by atoms with Gasteiger partial charge in [0.15, 0.2) is 0 Å². The third kappa shape index (κ3) is 4.52. The van der Waals surface area contributed by atoms with E-state index < -0.39 is 0 Å². The minimum Gasteiger partial charge on any atom is -0.378 e. The summed E-state index contributed by atoms with van der Waals surface area (Å²) < 4.78 is 5.78. The molecule has 1 N–H and O–H groups in total. The van der Waals surface area contributed by atoms with Crippen LogP contribution in [0, 0.1) is 17.8 Å². The van der Waals surface area contributed by atoms with Gasteiger partial charge in [-0.05, 0) is 58.0 Å². The SMILES string of the molecule is CNCC1CCC(C)CC1COC(C)C. The number of hydrogen-bond donors (Lipinski definition) is 1. The smallest absolute Gasteiger partial charge is 0.0519 e. The second kappa shape index (κ2) is 6.49. The molecule has 0 spiro atoms. The van der Waals surface area contributed by atoms with E-state index in [-0.39, 0.29) is 0 Å². The van der Waals surface area contributed by atoms with Crippen LogP contribution in [0.2, 0.25) is 0 Å². The van der Waals surface area contributed by atoms with Crippen LogP contribution in [0.25, 0.3) is 0 Å². The van der Waals surface area contributed by atoms with Crippen LogP contribution in [0.3, 0.4) is 0 Å². The first kappa shape index (κ1) is 13.0. The normalized spacial score (nSPS) is 32.2. The molecule has 1 fully saturated rings. The third-order valence-corrected chi connectivity index (χ3v) is 3.51. The van der Waals surface area contributed by atoms with Crippen LogP contribution in [-0.2, 0) is 4.74 Å². The third-order valence-electron chi connectivity index (χ3n) is 3.51. The van der Waals surface area contributed by atoms with E-state index >= 15 is 0 Å². The average Bonchev–Trinajstić information content (AvgIpc) is 2.18. The summed E-state index contributed by atoms with van der Waals surface area (Å²) >= 11 is 0. The zero-order valence-corrected chi connectivity index (χ0v) is 10.8. The van der Waals surface area contributed by atoms with Crippen molar-refractivity contribution in [1.29, 1.82) is 0 Å². The maximum Gasteiger partial charge on any atom is 0.0519 e. The molecule has 1 saturated carbocycles. The molecule has 0 bridgehead atoms. The molecular formula is C13H27NO. The minimum absolute atomic E-state index is 0.373. The lowest BCUT2D eigenvalue weighted by Crippen LogP contribution is -2.34. The number of hydrogen-bond acceptors (Lipinski definition) is 2. The zero-order chi connectivity index (χ0) is 11.3. The molecule has 1 aliphatic rings. The van der Waals surface area contributed by atoms with Gasteiger partial charge in [0.25, 0.3) is 0 Å². The quantitative estimate of drug-likeness (QED) is 0.758. The Morgan fingerprint density at radius 2 is 2.00 bits per heavy atom.